The highest BCUT2D eigenvalue weighted by Gasteiger charge is 2.24. The van der Waals surface area contributed by atoms with Crippen molar-refractivity contribution in [2.24, 2.45) is 7.05 Å². The van der Waals surface area contributed by atoms with E-state index < -0.39 is 10.0 Å². The molecule has 0 spiro atoms. The number of sulfonamides is 1. The number of nitrogens with one attached hydrogen (secondary N) is 1. The van der Waals surface area contributed by atoms with E-state index in [1.54, 1.807) is 25.7 Å². The van der Waals surface area contributed by atoms with E-state index in [4.69, 9.17) is 5.73 Å². The molecule has 0 aliphatic carbocycles. The molecule has 6 nitrogen and oxygen atoms in total. The maximum atomic E-state index is 12.1. The standard InChI is InChI=1S/C9H18N4O2S2/c1-6(16-4)5-11-17(14,15)8-7(2)13(3)12-9(8)10/h6,11H,5H2,1-4H3,(H2,10,12). The van der Waals surface area contributed by atoms with Crippen molar-refractivity contribution >= 4 is 27.6 Å². The van der Waals surface area contributed by atoms with Crippen molar-refractivity contribution in [3.8, 4) is 0 Å². The zero-order chi connectivity index (χ0) is 13.2. The topological polar surface area (TPSA) is 90.0 Å². The third kappa shape index (κ3) is 3.14. The van der Waals surface area contributed by atoms with Crippen molar-refractivity contribution in [3.05, 3.63) is 5.69 Å². The highest BCUT2D eigenvalue weighted by atomic mass is 32.2. The van der Waals surface area contributed by atoms with Gasteiger partial charge in [0.15, 0.2) is 5.82 Å². The van der Waals surface area contributed by atoms with E-state index in [0.29, 0.717) is 12.2 Å². The van der Waals surface area contributed by atoms with Gasteiger partial charge in [-0.3, -0.25) is 4.68 Å². The first-order chi connectivity index (χ1) is 7.79. The SMILES string of the molecule is CSC(C)CNS(=O)(=O)c1c(N)nn(C)c1C. The number of aromatic nitrogens is 2. The molecule has 8 heteroatoms. The van der Waals surface area contributed by atoms with Crippen molar-refractivity contribution in [2.75, 3.05) is 18.5 Å². The van der Waals surface area contributed by atoms with Crippen LogP contribution in [0.1, 0.15) is 12.6 Å². The molecule has 0 amide bonds. The van der Waals surface area contributed by atoms with Gasteiger partial charge in [0.1, 0.15) is 4.90 Å². The third-order valence-corrected chi connectivity index (χ3v) is 5.10. The maximum Gasteiger partial charge on any atom is 0.246 e. The summed E-state index contributed by atoms with van der Waals surface area (Å²) < 4.78 is 28.1. The van der Waals surface area contributed by atoms with Crippen LogP contribution in [0.4, 0.5) is 5.82 Å². The maximum absolute atomic E-state index is 12.1. The average Bonchev–Trinajstić information content (AvgIpc) is 2.50. The van der Waals surface area contributed by atoms with Crippen molar-refractivity contribution in [2.45, 2.75) is 24.0 Å². The molecule has 1 unspecified atom stereocenters. The predicted octanol–water partition coefficient (Wildman–Crippen LogP) is 0.341. The smallest absolute Gasteiger partial charge is 0.246 e. The highest BCUT2D eigenvalue weighted by molar-refractivity contribution is 7.99. The Hall–Kier alpha value is -0.730. The molecular formula is C9H18N4O2S2. The van der Waals surface area contributed by atoms with Gasteiger partial charge in [0.05, 0.1) is 5.69 Å². The van der Waals surface area contributed by atoms with Crippen molar-refractivity contribution < 1.29 is 8.42 Å². The molecule has 1 aromatic rings. The number of nitrogens with two attached hydrogens (primary N) is 1. The van der Waals surface area contributed by atoms with Crippen LogP contribution < -0.4 is 10.5 Å². The number of hydrogen-bond acceptors (Lipinski definition) is 5. The van der Waals surface area contributed by atoms with Gasteiger partial charge in [0, 0.05) is 18.8 Å². The minimum Gasteiger partial charge on any atom is -0.381 e. The fraction of sp³-hybridized carbons (Fsp3) is 0.667. The lowest BCUT2D eigenvalue weighted by Crippen LogP contribution is -2.30. The van der Waals surface area contributed by atoms with Gasteiger partial charge < -0.3 is 5.73 Å². The first kappa shape index (κ1) is 14.3. The molecule has 0 bridgehead atoms. The van der Waals surface area contributed by atoms with Crippen LogP contribution in [0.15, 0.2) is 4.90 Å². The van der Waals surface area contributed by atoms with Crippen LogP contribution in [-0.2, 0) is 17.1 Å². The Bertz CT molecular complexity index is 495. The molecule has 0 aliphatic rings. The number of aryl methyl sites for hydroxylation is 1. The number of anilines is 1. The van der Waals surface area contributed by atoms with Crippen molar-refractivity contribution in [3.63, 3.8) is 0 Å². The van der Waals surface area contributed by atoms with E-state index in [2.05, 4.69) is 9.82 Å². The van der Waals surface area contributed by atoms with Crippen molar-refractivity contribution in [1.82, 2.24) is 14.5 Å². The first-order valence-electron chi connectivity index (χ1n) is 5.11. The van der Waals surface area contributed by atoms with Crippen LogP contribution in [0.2, 0.25) is 0 Å². The van der Waals surface area contributed by atoms with Crippen molar-refractivity contribution in [1.29, 1.82) is 0 Å². The predicted molar refractivity (Wildman–Crippen MR) is 70.5 cm³/mol. The summed E-state index contributed by atoms with van der Waals surface area (Å²) in [5.74, 6) is 0.0364. The molecule has 3 N–H and O–H groups in total. The van der Waals surface area contributed by atoms with Gasteiger partial charge in [-0.2, -0.15) is 16.9 Å². The molecule has 1 atom stereocenters. The van der Waals surface area contributed by atoms with Crippen LogP contribution in [0, 0.1) is 6.92 Å². The molecule has 0 aromatic carbocycles. The number of nitrogens with zero attached hydrogens (tertiary/aromatic N) is 2. The third-order valence-electron chi connectivity index (χ3n) is 2.54. The molecule has 1 aromatic heterocycles. The van der Waals surface area contributed by atoms with Crippen LogP contribution in [0.3, 0.4) is 0 Å². The summed E-state index contributed by atoms with van der Waals surface area (Å²) in [7, 11) is -1.92. The molecule has 17 heavy (non-hydrogen) atoms. The van der Waals surface area contributed by atoms with Crippen LogP contribution in [0.25, 0.3) is 0 Å². The Balaban J connectivity index is 2.98. The second-order valence-corrected chi connectivity index (χ2v) is 6.80. The molecule has 0 aliphatic heterocycles. The normalized spacial score (nSPS) is 13.9. The lowest BCUT2D eigenvalue weighted by Gasteiger charge is -2.10. The number of rotatable bonds is 5. The zero-order valence-corrected chi connectivity index (χ0v) is 12.0. The summed E-state index contributed by atoms with van der Waals surface area (Å²) in [5, 5.41) is 4.11. The van der Waals surface area contributed by atoms with Gasteiger partial charge in [-0.1, -0.05) is 6.92 Å². The quantitative estimate of drug-likeness (QED) is 0.810. The molecule has 98 valence electrons. The monoisotopic (exact) mass is 278 g/mol. The molecule has 1 heterocycles. The van der Waals surface area contributed by atoms with E-state index >= 15 is 0 Å². The molecule has 0 fully saturated rings. The average molecular weight is 278 g/mol. The number of hydrogen-bond donors (Lipinski definition) is 2. The molecule has 0 saturated heterocycles. The minimum atomic E-state index is -3.58. The summed E-state index contributed by atoms with van der Waals surface area (Å²) in [5.41, 5.74) is 6.14. The largest absolute Gasteiger partial charge is 0.381 e. The van der Waals surface area contributed by atoms with Crippen LogP contribution in [-0.4, -0.2) is 36.2 Å². The Kier molecular flexibility index (Phi) is 4.45. The van der Waals surface area contributed by atoms with E-state index in [1.807, 2.05) is 13.2 Å². The molecule has 0 radical (unpaired) electrons. The Morgan fingerprint density at radius 1 is 1.59 bits per heavy atom. The van der Waals surface area contributed by atoms with Crippen LogP contribution in [0.5, 0.6) is 0 Å². The summed E-state index contributed by atoms with van der Waals surface area (Å²) in [6.45, 7) is 4.00. The summed E-state index contributed by atoms with van der Waals surface area (Å²) in [4.78, 5) is 0.0771. The fourth-order valence-electron chi connectivity index (χ4n) is 1.33. The highest BCUT2D eigenvalue weighted by Crippen LogP contribution is 2.20. The van der Waals surface area contributed by atoms with Gasteiger partial charge in [-0.15, -0.1) is 0 Å². The van der Waals surface area contributed by atoms with E-state index in [9.17, 15) is 8.42 Å². The van der Waals surface area contributed by atoms with Gasteiger partial charge in [0.2, 0.25) is 10.0 Å². The van der Waals surface area contributed by atoms with E-state index in [0.717, 1.165) is 0 Å². The summed E-state index contributed by atoms with van der Waals surface area (Å²) in [6.07, 6.45) is 1.93. The minimum absolute atomic E-state index is 0.0364. The fourth-order valence-corrected chi connectivity index (χ4v) is 3.14. The zero-order valence-electron chi connectivity index (χ0n) is 10.4. The van der Waals surface area contributed by atoms with Crippen LogP contribution >= 0.6 is 11.8 Å². The molecule has 0 saturated carbocycles. The van der Waals surface area contributed by atoms with E-state index in [1.165, 1.54) is 4.68 Å². The Labute approximate surface area is 106 Å². The Morgan fingerprint density at radius 2 is 2.18 bits per heavy atom. The van der Waals surface area contributed by atoms with Gasteiger partial charge >= 0.3 is 0 Å². The van der Waals surface area contributed by atoms with Gasteiger partial charge in [-0.05, 0) is 13.2 Å². The lowest BCUT2D eigenvalue weighted by molar-refractivity contribution is 0.580. The summed E-state index contributed by atoms with van der Waals surface area (Å²) >= 11 is 1.60. The molecule has 1 rings (SSSR count). The second-order valence-electron chi connectivity index (χ2n) is 3.82. The van der Waals surface area contributed by atoms with Gasteiger partial charge in [0.25, 0.3) is 0 Å². The summed E-state index contributed by atoms with van der Waals surface area (Å²) in [6, 6.07) is 0. The van der Waals surface area contributed by atoms with Gasteiger partial charge in [-0.25, -0.2) is 13.1 Å². The molecular weight excluding hydrogens is 260 g/mol. The first-order valence-corrected chi connectivity index (χ1v) is 7.88. The second kappa shape index (κ2) is 5.28. The number of thioether (sulfide) groups is 1. The van der Waals surface area contributed by atoms with E-state index in [-0.39, 0.29) is 16.0 Å². The Morgan fingerprint density at radius 3 is 2.59 bits per heavy atom. The lowest BCUT2D eigenvalue weighted by atomic mass is 10.5. The number of nitrogen functional groups attached to an aromatic ring is 1.